The van der Waals surface area contributed by atoms with Crippen molar-refractivity contribution in [3.8, 4) is 5.75 Å². The number of methoxy groups -OCH3 is 1. The summed E-state index contributed by atoms with van der Waals surface area (Å²) in [6.45, 7) is 3.77. The van der Waals surface area contributed by atoms with Crippen LogP contribution in [0, 0.1) is 18.7 Å². The number of sulfonamides is 1. The molecule has 1 heterocycles. The van der Waals surface area contributed by atoms with Crippen molar-refractivity contribution in [1.82, 2.24) is 10.0 Å². The Balaban J connectivity index is 2.02. The number of halogens is 1. The Labute approximate surface area is 131 Å². The SMILES string of the molecule is COc1ccc(S(=O)(=O)NCCC2CCCNC2)c(C)c1F. The lowest BCUT2D eigenvalue weighted by atomic mass is 9.96. The summed E-state index contributed by atoms with van der Waals surface area (Å²) < 4.78 is 46.0. The monoisotopic (exact) mass is 330 g/mol. The highest BCUT2D eigenvalue weighted by Gasteiger charge is 2.21. The van der Waals surface area contributed by atoms with Gasteiger partial charge >= 0.3 is 0 Å². The van der Waals surface area contributed by atoms with Crippen LogP contribution in [0.4, 0.5) is 4.39 Å². The Hall–Kier alpha value is -1.18. The molecule has 1 saturated heterocycles. The lowest BCUT2D eigenvalue weighted by Gasteiger charge is -2.22. The van der Waals surface area contributed by atoms with E-state index in [1.54, 1.807) is 0 Å². The maximum atomic E-state index is 14.0. The van der Waals surface area contributed by atoms with Crippen LogP contribution < -0.4 is 14.8 Å². The summed E-state index contributed by atoms with van der Waals surface area (Å²) in [5, 5.41) is 3.30. The van der Waals surface area contributed by atoms with Gasteiger partial charge in [0.15, 0.2) is 11.6 Å². The third-order valence-electron chi connectivity index (χ3n) is 4.05. The van der Waals surface area contributed by atoms with E-state index in [4.69, 9.17) is 4.74 Å². The normalized spacial score (nSPS) is 19.1. The summed E-state index contributed by atoms with van der Waals surface area (Å²) in [7, 11) is -2.36. The molecule has 0 saturated carbocycles. The lowest BCUT2D eigenvalue weighted by Crippen LogP contribution is -2.33. The highest BCUT2D eigenvalue weighted by Crippen LogP contribution is 2.26. The van der Waals surface area contributed by atoms with E-state index >= 15 is 0 Å². The summed E-state index contributed by atoms with van der Waals surface area (Å²) in [6.07, 6.45) is 3.02. The summed E-state index contributed by atoms with van der Waals surface area (Å²) in [4.78, 5) is -0.0347. The second-order valence-electron chi connectivity index (χ2n) is 5.60. The molecule has 1 unspecified atom stereocenters. The number of hydrogen-bond donors (Lipinski definition) is 2. The molecule has 1 fully saturated rings. The molecule has 1 atom stereocenters. The van der Waals surface area contributed by atoms with Crippen molar-refractivity contribution < 1.29 is 17.5 Å². The first kappa shape index (κ1) is 17.2. The number of rotatable bonds is 6. The molecule has 0 radical (unpaired) electrons. The minimum absolute atomic E-state index is 0.0347. The van der Waals surface area contributed by atoms with E-state index < -0.39 is 15.8 Å². The minimum Gasteiger partial charge on any atom is -0.494 e. The molecule has 0 aromatic heterocycles. The molecule has 1 aliphatic rings. The van der Waals surface area contributed by atoms with Crippen LogP contribution in [0.1, 0.15) is 24.8 Å². The van der Waals surface area contributed by atoms with Gasteiger partial charge in [-0.3, -0.25) is 0 Å². The number of nitrogens with one attached hydrogen (secondary N) is 2. The van der Waals surface area contributed by atoms with Gasteiger partial charge in [0.05, 0.1) is 12.0 Å². The fourth-order valence-corrected chi connectivity index (χ4v) is 4.02. The van der Waals surface area contributed by atoms with Crippen molar-refractivity contribution in [2.45, 2.75) is 31.1 Å². The molecule has 1 aromatic carbocycles. The van der Waals surface area contributed by atoms with Crippen LogP contribution in [0.5, 0.6) is 5.75 Å². The molecular formula is C15H23FN2O3S. The van der Waals surface area contributed by atoms with Crippen molar-refractivity contribution in [2.75, 3.05) is 26.7 Å². The van der Waals surface area contributed by atoms with Gasteiger partial charge < -0.3 is 10.1 Å². The van der Waals surface area contributed by atoms with Crippen molar-refractivity contribution in [2.24, 2.45) is 5.92 Å². The minimum atomic E-state index is -3.71. The van der Waals surface area contributed by atoms with Crippen LogP contribution in [-0.4, -0.2) is 35.2 Å². The van der Waals surface area contributed by atoms with E-state index in [-0.39, 0.29) is 16.2 Å². The van der Waals surface area contributed by atoms with E-state index in [1.165, 1.54) is 26.2 Å². The predicted octanol–water partition coefficient (Wildman–Crippen LogP) is 1.81. The number of piperidine rings is 1. The van der Waals surface area contributed by atoms with Gasteiger partial charge in [-0.25, -0.2) is 17.5 Å². The zero-order valence-corrected chi connectivity index (χ0v) is 13.8. The maximum Gasteiger partial charge on any atom is 0.240 e. The lowest BCUT2D eigenvalue weighted by molar-refractivity contribution is 0.358. The summed E-state index contributed by atoms with van der Waals surface area (Å²) >= 11 is 0. The van der Waals surface area contributed by atoms with Gasteiger partial charge in [-0.1, -0.05) is 0 Å². The maximum absolute atomic E-state index is 14.0. The van der Waals surface area contributed by atoms with Crippen molar-refractivity contribution in [3.63, 3.8) is 0 Å². The van der Waals surface area contributed by atoms with Crippen LogP contribution in [0.2, 0.25) is 0 Å². The molecule has 1 aromatic rings. The van der Waals surface area contributed by atoms with Crippen LogP contribution in [0.3, 0.4) is 0 Å². The topological polar surface area (TPSA) is 67.4 Å². The van der Waals surface area contributed by atoms with Crippen LogP contribution in [0.15, 0.2) is 17.0 Å². The number of hydrogen-bond acceptors (Lipinski definition) is 4. The highest BCUT2D eigenvalue weighted by atomic mass is 32.2. The summed E-state index contributed by atoms with van der Waals surface area (Å²) in [5.41, 5.74) is 0.0752. The fourth-order valence-electron chi connectivity index (χ4n) is 2.74. The second-order valence-corrected chi connectivity index (χ2v) is 7.34. The molecule has 7 heteroatoms. The van der Waals surface area contributed by atoms with Crippen molar-refractivity contribution in [1.29, 1.82) is 0 Å². The van der Waals surface area contributed by atoms with E-state index in [9.17, 15) is 12.8 Å². The summed E-state index contributed by atoms with van der Waals surface area (Å²) in [5.74, 6) is -0.100. The first-order valence-electron chi connectivity index (χ1n) is 7.49. The third kappa shape index (κ3) is 3.97. The van der Waals surface area contributed by atoms with E-state index in [0.29, 0.717) is 12.5 Å². The van der Waals surface area contributed by atoms with E-state index in [1.807, 2.05) is 0 Å². The molecule has 0 aliphatic carbocycles. The average molecular weight is 330 g/mol. The second kappa shape index (κ2) is 7.39. The molecule has 124 valence electrons. The number of benzene rings is 1. The fraction of sp³-hybridized carbons (Fsp3) is 0.600. The molecule has 0 spiro atoms. The Morgan fingerprint density at radius 3 is 2.86 bits per heavy atom. The zero-order valence-electron chi connectivity index (χ0n) is 13.0. The first-order valence-corrected chi connectivity index (χ1v) is 8.97. The molecule has 1 aliphatic heterocycles. The van der Waals surface area contributed by atoms with Gasteiger partial charge in [0.25, 0.3) is 0 Å². The third-order valence-corrected chi connectivity index (χ3v) is 5.66. The molecule has 0 bridgehead atoms. The molecular weight excluding hydrogens is 307 g/mol. The zero-order chi connectivity index (χ0) is 16.2. The van der Waals surface area contributed by atoms with Gasteiger partial charge in [0.2, 0.25) is 10.0 Å². The first-order chi connectivity index (χ1) is 10.5. The van der Waals surface area contributed by atoms with Gasteiger partial charge in [-0.05, 0) is 57.3 Å². The molecule has 2 rings (SSSR count). The quantitative estimate of drug-likeness (QED) is 0.835. The van der Waals surface area contributed by atoms with E-state index in [0.717, 1.165) is 32.4 Å². The Bertz CT molecular complexity index is 613. The molecule has 22 heavy (non-hydrogen) atoms. The van der Waals surface area contributed by atoms with Crippen molar-refractivity contribution >= 4 is 10.0 Å². The van der Waals surface area contributed by atoms with E-state index in [2.05, 4.69) is 10.0 Å². The van der Waals surface area contributed by atoms with Gasteiger partial charge in [0.1, 0.15) is 0 Å². The van der Waals surface area contributed by atoms with Crippen LogP contribution in [0.25, 0.3) is 0 Å². The van der Waals surface area contributed by atoms with Crippen molar-refractivity contribution in [3.05, 3.63) is 23.5 Å². The number of ether oxygens (including phenoxy) is 1. The predicted molar refractivity (Wildman–Crippen MR) is 83.1 cm³/mol. The Morgan fingerprint density at radius 2 is 2.23 bits per heavy atom. The molecule has 0 amide bonds. The van der Waals surface area contributed by atoms with Crippen LogP contribution >= 0.6 is 0 Å². The standard InChI is InChI=1S/C15H23FN2O3S/c1-11-14(6-5-13(21-2)15(11)16)22(19,20)18-9-7-12-4-3-8-17-10-12/h5-6,12,17-18H,3-4,7-10H2,1-2H3. The Kier molecular flexibility index (Phi) is 5.77. The molecule has 2 N–H and O–H groups in total. The van der Waals surface area contributed by atoms with Gasteiger partial charge in [-0.15, -0.1) is 0 Å². The van der Waals surface area contributed by atoms with Gasteiger partial charge in [0, 0.05) is 12.1 Å². The average Bonchev–Trinajstić information content (AvgIpc) is 2.50. The Morgan fingerprint density at radius 1 is 1.45 bits per heavy atom. The smallest absolute Gasteiger partial charge is 0.240 e. The summed E-state index contributed by atoms with van der Waals surface area (Å²) in [6, 6.07) is 2.71. The van der Waals surface area contributed by atoms with Gasteiger partial charge in [-0.2, -0.15) is 0 Å². The van der Waals surface area contributed by atoms with Crippen LogP contribution in [-0.2, 0) is 10.0 Å². The largest absolute Gasteiger partial charge is 0.494 e. The highest BCUT2D eigenvalue weighted by molar-refractivity contribution is 7.89. The molecule has 5 nitrogen and oxygen atoms in total.